The van der Waals surface area contributed by atoms with E-state index in [1.54, 1.807) is 25.4 Å². The topological polar surface area (TPSA) is 83.6 Å². The van der Waals surface area contributed by atoms with Crippen molar-refractivity contribution in [1.82, 2.24) is 14.6 Å². The Kier molecular flexibility index (Phi) is 7.58. The van der Waals surface area contributed by atoms with Crippen molar-refractivity contribution in [3.8, 4) is 0 Å². The van der Waals surface area contributed by atoms with E-state index in [0.29, 0.717) is 32.1 Å². The van der Waals surface area contributed by atoms with Crippen LogP contribution >= 0.6 is 0 Å². The van der Waals surface area contributed by atoms with Crippen LogP contribution in [-0.2, 0) is 14.8 Å². The Labute approximate surface area is 126 Å². The monoisotopic (exact) mass is 316 g/mol. The number of likely N-dealkylation sites (N-methyl/N-ethyl adjacent to an activating group) is 1. The van der Waals surface area contributed by atoms with E-state index in [9.17, 15) is 8.42 Å². The fourth-order valence-corrected chi connectivity index (χ4v) is 2.87. The van der Waals surface area contributed by atoms with Crippen molar-refractivity contribution in [2.45, 2.75) is 11.8 Å². The van der Waals surface area contributed by atoms with E-state index in [2.05, 4.69) is 15.0 Å². The quantitative estimate of drug-likeness (QED) is 0.649. The standard InChI is InChI=1S/C13H24N4O3S/c1-4-14-13-12(6-5-7-15-13)21(18,19)16-8-9-17(2)10-11-20-3/h5-7,16H,4,8-11H2,1-3H3,(H,14,15). The fourth-order valence-electron chi connectivity index (χ4n) is 1.72. The number of anilines is 1. The Hall–Kier alpha value is -1.22. The summed E-state index contributed by atoms with van der Waals surface area (Å²) in [6.07, 6.45) is 1.57. The van der Waals surface area contributed by atoms with E-state index in [1.165, 1.54) is 0 Å². The van der Waals surface area contributed by atoms with E-state index < -0.39 is 10.0 Å². The van der Waals surface area contributed by atoms with E-state index >= 15 is 0 Å². The number of nitrogens with one attached hydrogen (secondary N) is 2. The molecule has 0 aliphatic rings. The third-order valence-electron chi connectivity index (χ3n) is 2.87. The van der Waals surface area contributed by atoms with Crippen molar-refractivity contribution in [3.63, 3.8) is 0 Å². The summed E-state index contributed by atoms with van der Waals surface area (Å²) < 4.78 is 32.1. The van der Waals surface area contributed by atoms with Crippen LogP contribution in [0.25, 0.3) is 0 Å². The smallest absolute Gasteiger partial charge is 0.244 e. The zero-order valence-electron chi connectivity index (χ0n) is 12.8. The molecule has 21 heavy (non-hydrogen) atoms. The number of nitrogens with zero attached hydrogens (tertiary/aromatic N) is 2. The molecule has 0 atom stereocenters. The molecule has 7 nitrogen and oxygen atoms in total. The Balaban J connectivity index is 2.61. The predicted molar refractivity (Wildman–Crippen MR) is 83.0 cm³/mol. The highest BCUT2D eigenvalue weighted by molar-refractivity contribution is 7.89. The molecular weight excluding hydrogens is 292 g/mol. The first kappa shape index (κ1) is 17.8. The number of pyridine rings is 1. The molecule has 0 radical (unpaired) electrons. The molecule has 1 aromatic heterocycles. The molecule has 1 aromatic rings. The lowest BCUT2D eigenvalue weighted by Crippen LogP contribution is -2.34. The van der Waals surface area contributed by atoms with Crippen molar-refractivity contribution in [2.24, 2.45) is 0 Å². The summed E-state index contributed by atoms with van der Waals surface area (Å²) in [6.45, 7) is 4.83. The summed E-state index contributed by atoms with van der Waals surface area (Å²) in [5.74, 6) is 0.375. The number of hydrogen-bond donors (Lipinski definition) is 2. The second-order valence-electron chi connectivity index (χ2n) is 4.57. The maximum Gasteiger partial charge on any atom is 0.244 e. The second-order valence-corrected chi connectivity index (χ2v) is 6.31. The van der Waals surface area contributed by atoms with E-state index in [4.69, 9.17) is 4.74 Å². The minimum absolute atomic E-state index is 0.173. The van der Waals surface area contributed by atoms with Gasteiger partial charge in [-0.25, -0.2) is 18.1 Å². The van der Waals surface area contributed by atoms with Gasteiger partial charge < -0.3 is 15.0 Å². The molecule has 8 heteroatoms. The van der Waals surface area contributed by atoms with Gasteiger partial charge in [0.15, 0.2) is 0 Å². The molecule has 0 fully saturated rings. The molecule has 0 spiro atoms. The molecule has 0 bridgehead atoms. The van der Waals surface area contributed by atoms with Crippen LogP contribution in [0.5, 0.6) is 0 Å². The van der Waals surface area contributed by atoms with E-state index in [-0.39, 0.29) is 4.90 Å². The molecule has 120 valence electrons. The van der Waals surface area contributed by atoms with Gasteiger partial charge in [-0.1, -0.05) is 0 Å². The van der Waals surface area contributed by atoms with Gasteiger partial charge in [0.2, 0.25) is 10.0 Å². The zero-order chi connectivity index (χ0) is 15.7. The molecule has 1 rings (SSSR count). The van der Waals surface area contributed by atoms with Crippen molar-refractivity contribution in [1.29, 1.82) is 0 Å². The highest BCUT2D eigenvalue weighted by atomic mass is 32.2. The van der Waals surface area contributed by atoms with Crippen LogP contribution in [-0.4, -0.2) is 65.2 Å². The van der Waals surface area contributed by atoms with Crippen LogP contribution in [0.2, 0.25) is 0 Å². The van der Waals surface area contributed by atoms with Crippen LogP contribution < -0.4 is 10.0 Å². The highest BCUT2D eigenvalue weighted by Gasteiger charge is 2.18. The normalized spacial score (nSPS) is 11.8. The Bertz CT molecular complexity index is 522. The van der Waals surface area contributed by atoms with E-state index in [1.807, 2.05) is 18.9 Å². The Morgan fingerprint density at radius 3 is 2.81 bits per heavy atom. The van der Waals surface area contributed by atoms with Gasteiger partial charge >= 0.3 is 0 Å². The number of methoxy groups -OCH3 is 1. The van der Waals surface area contributed by atoms with Gasteiger partial charge in [0.05, 0.1) is 6.61 Å². The summed E-state index contributed by atoms with van der Waals surface area (Å²) in [5, 5.41) is 2.95. The van der Waals surface area contributed by atoms with Crippen LogP contribution in [0.15, 0.2) is 23.2 Å². The fraction of sp³-hybridized carbons (Fsp3) is 0.615. The Morgan fingerprint density at radius 1 is 1.38 bits per heavy atom. The van der Waals surface area contributed by atoms with Crippen molar-refractivity contribution >= 4 is 15.8 Å². The van der Waals surface area contributed by atoms with E-state index in [0.717, 1.165) is 6.54 Å². The lowest BCUT2D eigenvalue weighted by molar-refractivity contribution is 0.162. The van der Waals surface area contributed by atoms with Crippen molar-refractivity contribution < 1.29 is 13.2 Å². The summed E-state index contributed by atoms with van der Waals surface area (Å²) >= 11 is 0. The number of ether oxygens (including phenoxy) is 1. The Morgan fingerprint density at radius 2 is 2.14 bits per heavy atom. The summed E-state index contributed by atoms with van der Waals surface area (Å²) in [6, 6.07) is 3.15. The van der Waals surface area contributed by atoms with Crippen LogP contribution in [0, 0.1) is 0 Å². The molecule has 0 amide bonds. The lowest BCUT2D eigenvalue weighted by atomic mass is 10.4. The SMILES string of the molecule is CCNc1ncccc1S(=O)(=O)NCCN(C)CCOC. The molecular formula is C13H24N4O3S. The van der Waals surface area contributed by atoms with Crippen molar-refractivity contribution in [3.05, 3.63) is 18.3 Å². The number of sulfonamides is 1. The number of rotatable bonds is 10. The first-order valence-electron chi connectivity index (χ1n) is 6.87. The lowest BCUT2D eigenvalue weighted by Gasteiger charge is -2.16. The third kappa shape index (κ3) is 5.96. The second kappa shape index (κ2) is 8.93. The minimum atomic E-state index is -3.56. The molecule has 0 saturated heterocycles. The average Bonchev–Trinajstić information content (AvgIpc) is 2.45. The van der Waals surface area contributed by atoms with Crippen LogP contribution in [0.3, 0.4) is 0 Å². The minimum Gasteiger partial charge on any atom is -0.383 e. The molecule has 2 N–H and O–H groups in total. The highest BCUT2D eigenvalue weighted by Crippen LogP contribution is 2.17. The molecule has 0 unspecified atom stereocenters. The number of hydrogen-bond acceptors (Lipinski definition) is 6. The molecule has 0 aliphatic carbocycles. The molecule has 0 saturated carbocycles. The molecule has 0 aromatic carbocycles. The van der Waals surface area contributed by atoms with Crippen LogP contribution in [0.4, 0.5) is 5.82 Å². The predicted octanol–water partition coefficient (Wildman–Crippen LogP) is 0.370. The van der Waals surface area contributed by atoms with Gasteiger partial charge in [0, 0.05) is 39.5 Å². The first-order valence-corrected chi connectivity index (χ1v) is 8.35. The van der Waals surface area contributed by atoms with Gasteiger partial charge in [0.1, 0.15) is 10.7 Å². The first-order chi connectivity index (χ1) is 10.0. The van der Waals surface area contributed by atoms with Gasteiger partial charge in [-0.15, -0.1) is 0 Å². The van der Waals surface area contributed by atoms with Crippen molar-refractivity contribution in [2.75, 3.05) is 52.3 Å². The van der Waals surface area contributed by atoms with Gasteiger partial charge in [-0.05, 0) is 26.1 Å². The van der Waals surface area contributed by atoms with Gasteiger partial charge in [0.25, 0.3) is 0 Å². The summed E-state index contributed by atoms with van der Waals surface area (Å²) in [4.78, 5) is 6.23. The average molecular weight is 316 g/mol. The van der Waals surface area contributed by atoms with Gasteiger partial charge in [-0.3, -0.25) is 0 Å². The summed E-state index contributed by atoms with van der Waals surface area (Å²) in [5.41, 5.74) is 0. The molecule has 1 heterocycles. The number of aromatic nitrogens is 1. The van der Waals surface area contributed by atoms with Crippen LogP contribution in [0.1, 0.15) is 6.92 Å². The molecule has 0 aliphatic heterocycles. The summed E-state index contributed by atoms with van der Waals surface area (Å²) in [7, 11) is -0.00401. The maximum atomic E-state index is 12.3. The maximum absolute atomic E-state index is 12.3. The largest absolute Gasteiger partial charge is 0.383 e. The third-order valence-corrected chi connectivity index (χ3v) is 4.36. The van der Waals surface area contributed by atoms with Gasteiger partial charge in [-0.2, -0.15) is 0 Å². The zero-order valence-corrected chi connectivity index (χ0v) is 13.6.